The number of pyridine rings is 2. The maximum absolute atomic E-state index is 15.0. The van der Waals surface area contributed by atoms with E-state index >= 15 is 0 Å². The Morgan fingerprint density at radius 1 is 1.09 bits per heavy atom. The van der Waals surface area contributed by atoms with Crippen LogP contribution in [-0.4, -0.2) is 69.4 Å². The van der Waals surface area contributed by atoms with Crippen molar-refractivity contribution in [2.24, 2.45) is 5.92 Å². The lowest BCUT2D eigenvalue weighted by molar-refractivity contribution is -0.135. The summed E-state index contributed by atoms with van der Waals surface area (Å²) < 4.78 is 21.8. The van der Waals surface area contributed by atoms with Crippen molar-refractivity contribution in [3.63, 3.8) is 0 Å². The first-order chi connectivity index (χ1) is 20.9. The highest BCUT2D eigenvalue weighted by Gasteiger charge is 2.32. The van der Waals surface area contributed by atoms with Crippen LogP contribution in [-0.2, 0) is 22.6 Å². The summed E-state index contributed by atoms with van der Waals surface area (Å²) in [6.07, 6.45) is 8.31. The van der Waals surface area contributed by atoms with E-state index in [4.69, 9.17) is 9.72 Å². The van der Waals surface area contributed by atoms with Crippen LogP contribution in [0.4, 0.5) is 4.39 Å². The fourth-order valence-electron chi connectivity index (χ4n) is 5.63. The molecule has 1 amide bonds. The normalized spacial score (nSPS) is 17.0. The first-order valence-corrected chi connectivity index (χ1v) is 15.6. The van der Waals surface area contributed by atoms with E-state index in [9.17, 15) is 19.1 Å². The third-order valence-electron chi connectivity index (χ3n) is 8.13. The van der Waals surface area contributed by atoms with E-state index in [0.717, 1.165) is 58.6 Å². The van der Waals surface area contributed by atoms with Crippen molar-refractivity contribution >= 4 is 33.2 Å². The van der Waals surface area contributed by atoms with Crippen LogP contribution in [0.3, 0.4) is 0 Å². The van der Waals surface area contributed by atoms with Gasteiger partial charge in [-0.15, -0.1) is 11.3 Å². The molecule has 4 heterocycles. The summed E-state index contributed by atoms with van der Waals surface area (Å²) in [5.41, 5.74) is 3.20. The molecule has 1 aliphatic heterocycles. The number of benzene rings is 1. The van der Waals surface area contributed by atoms with Gasteiger partial charge in [-0.1, -0.05) is 12.1 Å². The van der Waals surface area contributed by atoms with Crippen LogP contribution in [0.2, 0.25) is 0 Å². The van der Waals surface area contributed by atoms with Crippen LogP contribution in [0.25, 0.3) is 20.8 Å². The number of hydrogen-bond donors (Lipinski definition) is 1. The maximum atomic E-state index is 15.0. The Morgan fingerprint density at radius 3 is 2.67 bits per heavy atom. The second-order valence-electron chi connectivity index (χ2n) is 11.5. The molecule has 0 unspecified atom stereocenters. The smallest absolute Gasteiger partial charge is 0.239 e. The Morgan fingerprint density at radius 2 is 1.93 bits per heavy atom. The minimum Gasteiger partial charge on any atom is -0.453 e. The van der Waals surface area contributed by atoms with Gasteiger partial charge in [0.25, 0.3) is 0 Å². The third kappa shape index (κ3) is 6.92. The zero-order valence-electron chi connectivity index (χ0n) is 24.2. The molecule has 2 aliphatic rings. The van der Waals surface area contributed by atoms with Gasteiger partial charge in [0.1, 0.15) is 11.5 Å². The van der Waals surface area contributed by atoms with E-state index < -0.39 is 5.82 Å². The molecule has 6 rings (SSSR count). The van der Waals surface area contributed by atoms with Gasteiger partial charge in [-0.2, -0.15) is 0 Å². The van der Waals surface area contributed by atoms with E-state index in [1.54, 1.807) is 36.3 Å². The predicted octanol–water partition coefficient (Wildman–Crippen LogP) is 5.62. The van der Waals surface area contributed by atoms with Gasteiger partial charge in [0, 0.05) is 51.4 Å². The zero-order valence-corrected chi connectivity index (χ0v) is 25.0. The lowest BCUT2D eigenvalue weighted by atomic mass is 10.0. The number of Topliss-reactive ketones (excluding diaryl/α,β-unsaturated/α-hetero) is 1. The molecular weight excluding hydrogens is 567 g/mol. The Kier molecular flexibility index (Phi) is 8.78. The molecule has 4 aromatic rings. The van der Waals surface area contributed by atoms with Crippen molar-refractivity contribution in [3.05, 3.63) is 71.8 Å². The number of hydrogen-bond acceptors (Lipinski definition) is 8. The molecular formula is C33H35FN4O4S. The number of amides is 1. The average Bonchev–Trinajstić information content (AvgIpc) is 3.49. The SMILES string of the molecule is CN(CCO)C(=O)[C@@H]1CCCN1Cc1ccc(-c2cc3nccc(Oc4ccc(CC(=O)CC5CC5)cc4F)c3s2)nc1. The number of likely N-dealkylation sites (N-methyl/N-ethyl adjacent to an activating group) is 1. The summed E-state index contributed by atoms with van der Waals surface area (Å²) in [6, 6.07) is 12.2. The second-order valence-corrected chi connectivity index (χ2v) is 12.6. The lowest BCUT2D eigenvalue weighted by Gasteiger charge is -2.27. The van der Waals surface area contributed by atoms with Crippen molar-refractivity contribution in [2.45, 2.75) is 51.1 Å². The number of aliphatic hydroxyl groups excluding tert-OH is 1. The molecule has 1 saturated heterocycles. The van der Waals surface area contributed by atoms with Crippen LogP contribution in [0.5, 0.6) is 11.5 Å². The topological polar surface area (TPSA) is 95.9 Å². The van der Waals surface area contributed by atoms with Crippen LogP contribution in [0.1, 0.15) is 43.2 Å². The predicted molar refractivity (Wildman–Crippen MR) is 164 cm³/mol. The number of aromatic nitrogens is 2. The molecule has 1 aliphatic carbocycles. The summed E-state index contributed by atoms with van der Waals surface area (Å²) in [5.74, 6) is 0.814. The van der Waals surface area contributed by atoms with Gasteiger partial charge in [-0.05, 0) is 73.5 Å². The fourth-order valence-corrected chi connectivity index (χ4v) is 6.67. The number of nitrogens with zero attached hydrogens (tertiary/aromatic N) is 4. The average molecular weight is 603 g/mol. The Labute approximate surface area is 254 Å². The lowest BCUT2D eigenvalue weighted by Crippen LogP contribution is -2.44. The summed E-state index contributed by atoms with van der Waals surface area (Å²) in [7, 11) is 1.73. The van der Waals surface area contributed by atoms with E-state index in [1.807, 2.05) is 24.4 Å². The van der Waals surface area contributed by atoms with Crippen molar-refractivity contribution in [3.8, 4) is 22.1 Å². The minimum atomic E-state index is -0.502. The van der Waals surface area contributed by atoms with Gasteiger partial charge in [-0.25, -0.2) is 4.39 Å². The molecule has 224 valence electrons. The molecule has 8 nitrogen and oxygen atoms in total. The van der Waals surface area contributed by atoms with Crippen LogP contribution in [0.15, 0.2) is 54.9 Å². The molecule has 43 heavy (non-hydrogen) atoms. The molecule has 1 atom stereocenters. The summed E-state index contributed by atoms with van der Waals surface area (Å²) in [5, 5.41) is 9.19. The molecule has 1 aromatic carbocycles. The van der Waals surface area contributed by atoms with Crippen molar-refractivity contribution < 1.29 is 23.8 Å². The number of carbonyl (C=O) groups excluding carboxylic acids is 2. The summed E-state index contributed by atoms with van der Waals surface area (Å²) >= 11 is 1.48. The van der Waals surface area contributed by atoms with Crippen molar-refractivity contribution in [1.29, 1.82) is 0 Å². The number of carbonyl (C=O) groups is 2. The molecule has 10 heteroatoms. The van der Waals surface area contributed by atoms with Gasteiger partial charge < -0.3 is 14.7 Å². The third-order valence-corrected chi connectivity index (χ3v) is 9.29. The van der Waals surface area contributed by atoms with Crippen LogP contribution < -0.4 is 4.74 Å². The standard InChI is InChI=1S/C33H35FN4O4S/c1-37(13-14-39)33(41)28-3-2-12-38(28)20-23-6-8-26(36-19-23)31-18-27-32(43-31)30(10-11-35-27)42-29-9-7-22(17-25(29)34)16-24(40)15-21-4-5-21/h6-11,17-19,21,28,39H,2-5,12-16,20H2,1H3/t28-/m0/s1. The quantitative estimate of drug-likeness (QED) is 0.225. The highest BCUT2D eigenvalue weighted by Crippen LogP contribution is 2.39. The van der Waals surface area contributed by atoms with Gasteiger partial charge in [0.2, 0.25) is 5.91 Å². The Balaban J connectivity index is 1.13. The minimum absolute atomic E-state index is 0.0433. The Hall–Kier alpha value is -3.73. The monoisotopic (exact) mass is 602 g/mol. The summed E-state index contributed by atoms with van der Waals surface area (Å²) in [4.78, 5) is 38.9. The van der Waals surface area contributed by atoms with E-state index in [2.05, 4.69) is 9.88 Å². The molecule has 0 radical (unpaired) electrons. The van der Waals surface area contributed by atoms with Gasteiger partial charge in [-0.3, -0.25) is 24.5 Å². The van der Waals surface area contributed by atoms with E-state index in [0.29, 0.717) is 36.7 Å². The Bertz CT molecular complexity index is 1620. The second kappa shape index (κ2) is 12.9. The summed E-state index contributed by atoms with van der Waals surface area (Å²) in [6.45, 7) is 1.76. The first kappa shape index (κ1) is 29.3. The van der Waals surface area contributed by atoms with Gasteiger partial charge in [0.05, 0.1) is 33.4 Å². The largest absolute Gasteiger partial charge is 0.453 e. The number of rotatable bonds is 12. The fraction of sp³-hybridized carbons (Fsp3) is 0.394. The first-order valence-electron chi connectivity index (χ1n) is 14.8. The van der Waals surface area contributed by atoms with Crippen molar-refractivity contribution in [1.82, 2.24) is 19.8 Å². The molecule has 0 spiro atoms. The van der Waals surface area contributed by atoms with Gasteiger partial charge >= 0.3 is 0 Å². The molecule has 3 aromatic heterocycles. The van der Waals surface area contributed by atoms with E-state index in [1.165, 1.54) is 17.4 Å². The highest BCUT2D eigenvalue weighted by molar-refractivity contribution is 7.22. The number of ketones is 1. The maximum Gasteiger partial charge on any atom is 0.239 e. The van der Waals surface area contributed by atoms with Gasteiger partial charge in [0.15, 0.2) is 11.6 Å². The molecule has 2 fully saturated rings. The molecule has 1 N–H and O–H groups in total. The number of halogens is 1. The molecule has 1 saturated carbocycles. The number of likely N-dealkylation sites (tertiary alicyclic amines) is 1. The number of fused-ring (bicyclic) bond motifs is 1. The van der Waals surface area contributed by atoms with Crippen LogP contribution >= 0.6 is 11.3 Å². The number of thiophene rings is 1. The van der Waals surface area contributed by atoms with E-state index in [-0.39, 0.29) is 36.5 Å². The highest BCUT2D eigenvalue weighted by atomic mass is 32.1. The van der Waals surface area contributed by atoms with Crippen molar-refractivity contribution in [2.75, 3.05) is 26.7 Å². The van der Waals surface area contributed by atoms with Crippen LogP contribution in [0, 0.1) is 11.7 Å². The zero-order chi connectivity index (χ0) is 29.9. The molecule has 0 bridgehead atoms. The number of ether oxygens (including phenoxy) is 1. The number of aliphatic hydroxyl groups is 1.